The summed E-state index contributed by atoms with van der Waals surface area (Å²) in [6.07, 6.45) is 5.66. The number of carboxylic acids is 1. The number of benzene rings is 1. The van der Waals surface area contributed by atoms with E-state index in [-0.39, 0.29) is 17.9 Å². The molecule has 1 aromatic carbocycles. The normalized spacial score (nSPS) is 9.41. The van der Waals surface area contributed by atoms with Crippen molar-refractivity contribution in [3.8, 4) is 12.3 Å². The van der Waals surface area contributed by atoms with E-state index in [0.717, 1.165) is 0 Å². The highest BCUT2D eigenvalue weighted by Crippen LogP contribution is 2.23. The summed E-state index contributed by atoms with van der Waals surface area (Å²) in [6, 6.07) is 4.38. The maximum absolute atomic E-state index is 11.4. The lowest BCUT2D eigenvalue weighted by Crippen LogP contribution is -2.11. The Labute approximate surface area is 107 Å². The topological polar surface area (TPSA) is 66.4 Å². The van der Waals surface area contributed by atoms with E-state index in [4.69, 9.17) is 11.5 Å². The van der Waals surface area contributed by atoms with Crippen molar-refractivity contribution in [1.29, 1.82) is 0 Å². The van der Waals surface area contributed by atoms with Gasteiger partial charge in [0.25, 0.3) is 0 Å². The van der Waals surface area contributed by atoms with Gasteiger partial charge in [0.15, 0.2) is 0 Å². The second-order valence-electron chi connectivity index (χ2n) is 3.25. The lowest BCUT2D eigenvalue weighted by molar-refractivity contribution is -0.116. The first-order chi connectivity index (χ1) is 8.04. The van der Waals surface area contributed by atoms with E-state index in [1.807, 2.05) is 0 Å². The van der Waals surface area contributed by atoms with Gasteiger partial charge in [-0.3, -0.25) is 4.79 Å². The molecular formula is C12H10BrNO3. The molecule has 4 nitrogen and oxygen atoms in total. The van der Waals surface area contributed by atoms with Crippen LogP contribution in [0.25, 0.3) is 0 Å². The first kappa shape index (κ1) is 13.3. The Kier molecular flexibility index (Phi) is 4.73. The quantitative estimate of drug-likeness (QED) is 0.839. The van der Waals surface area contributed by atoms with Crippen LogP contribution in [0.15, 0.2) is 22.7 Å². The van der Waals surface area contributed by atoms with Crippen LogP contribution >= 0.6 is 15.9 Å². The molecule has 0 saturated carbocycles. The van der Waals surface area contributed by atoms with Crippen LogP contribution in [-0.2, 0) is 4.79 Å². The summed E-state index contributed by atoms with van der Waals surface area (Å²) < 4.78 is 0.520. The summed E-state index contributed by atoms with van der Waals surface area (Å²) in [5, 5.41) is 11.4. The van der Waals surface area contributed by atoms with Gasteiger partial charge in [0.05, 0.1) is 11.3 Å². The monoisotopic (exact) mass is 295 g/mol. The van der Waals surface area contributed by atoms with Crippen molar-refractivity contribution in [3.63, 3.8) is 0 Å². The fourth-order valence-corrected chi connectivity index (χ4v) is 1.63. The molecule has 0 atom stereocenters. The average molecular weight is 296 g/mol. The molecule has 0 saturated heterocycles. The Morgan fingerprint density at radius 3 is 2.71 bits per heavy atom. The largest absolute Gasteiger partial charge is 0.478 e. The molecule has 1 rings (SSSR count). The van der Waals surface area contributed by atoms with Crippen molar-refractivity contribution in [2.75, 3.05) is 5.32 Å². The van der Waals surface area contributed by atoms with E-state index in [1.54, 1.807) is 0 Å². The van der Waals surface area contributed by atoms with Crippen molar-refractivity contribution in [1.82, 2.24) is 0 Å². The van der Waals surface area contributed by atoms with Gasteiger partial charge in [-0.25, -0.2) is 4.79 Å². The lowest BCUT2D eigenvalue weighted by Gasteiger charge is -2.07. The predicted octanol–water partition coefficient (Wildman–Crippen LogP) is 2.50. The van der Waals surface area contributed by atoms with E-state index in [9.17, 15) is 9.59 Å². The Bertz CT molecular complexity index is 491. The van der Waals surface area contributed by atoms with Crippen molar-refractivity contribution in [2.45, 2.75) is 12.8 Å². The van der Waals surface area contributed by atoms with Crippen molar-refractivity contribution in [2.24, 2.45) is 0 Å². The summed E-state index contributed by atoms with van der Waals surface area (Å²) in [5.41, 5.74) is 0.676. The highest BCUT2D eigenvalue weighted by Gasteiger charge is 2.08. The molecule has 0 aromatic heterocycles. The summed E-state index contributed by atoms with van der Waals surface area (Å²) in [4.78, 5) is 22.1. The fourth-order valence-electron chi connectivity index (χ4n) is 1.15. The van der Waals surface area contributed by atoms with Gasteiger partial charge in [-0.2, -0.15) is 0 Å². The van der Waals surface area contributed by atoms with E-state index in [2.05, 4.69) is 27.2 Å². The lowest BCUT2D eigenvalue weighted by atomic mass is 10.2. The van der Waals surface area contributed by atoms with Gasteiger partial charge in [-0.1, -0.05) is 0 Å². The third-order valence-corrected chi connectivity index (χ3v) is 2.64. The number of aromatic carboxylic acids is 1. The minimum absolute atomic E-state index is 0.151. The highest BCUT2D eigenvalue weighted by molar-refractivity contribution is 9.10. The third-order valence-electron chi connectivity index (χ3n) is 1.99. The Morgan fingerprint density at radius 1 is 1.47 bits per heavy atom. The number of hydrogen-bond acceptors (Lipinski definition) is 2. The van der Waals surface area contributed by atoms with Crippen molar-refractivity contribution < 1.29 is 14.7 Å². The first-order valence-electron chi connectivity index (χ1n) is 4.80. The number of amides is 1. The smallest absolute Gasteiger partial charge is 0.335 e. The predicted molar refractivity (Wildman–Crippen MR) is 67.8 cm³/mol. The molecule has 17 heavy (non-hydrogen) atoms. The average Bonchev–Trinajstić information content (AvgIpc) is 2.28. The van der Waals surface area contributed by atoms with Gasteiger partial charge in [0, 0.05) is 17.3 Å². The van der Waals surface area contributed by atoms with E-state index in [1.165, 1.54) is 18.2 Å². The van der Waals surface area contributed by atoms with E-state index in [0.29, 0.717) is 16.6 Å². The SMILES string of the molecule is C#CCCC(=O)Nc1ccc(C(=O)O)cc1Br. The molecule has 0 fully saturated rings. The zero-order valence-electron chi connectivity index (χ0n) is 8.87. The second-order valence-corrected chi connectivity index (χ2v) is 4.11. The second kappa shape index (κ2) is 6.06. The number of carbonyl (C=O) groups excluding carboxylic acids is 1. The van der Waals surface area contributed by atoms with Crippen LogP contribution in [0.2, 0.25) is 0 Å². The molecule has 0 aliphatic heterocycles. The molecule has 1 amide bonds. The van der Waals surface area contributed by atoms with E-state index < -0.39 is 5.97 Å². The third kappa shape index (κ3) is 3.93. The Hall–Kier alpha value is -1.80. The van der Waals surface area contributed by atoms with Gasteiger partial charge >= 0.3 is 5.97 Å². The minimum atomic E-state index is -1.02. The number of halogens is 1. The van der Waals surface area contributed by atoms with Crippen LogP contribution in [0.3, 0.4) is 0 Å². The van der Waals surface area contributed by atoms with Crippen LogP contribution in [0, 0.1) is 12.3 Å². The molecule has 0 aliphatic rings. The van der Waals surface area contributed by atoms with Crippen LogP contribution in [0.1, 0.15) is 23.2 Å². The van der Waals surface area contributed by atoms with Crippen LogP contribution in [-0.4, -0.2) is 17.0 Å². The summed E-state index contributed by atoms with van der Waals surface area (Å²) in [5.74, 6) is 1.15. The number of hydrogen-bond donors (Lipinski definition) is 2. The minimum Gasteiger partial charge on any atom is -0.478 e. The molecule has 0 unspecified atom stereocenters. The number of nitrogens with one attached hydrogen (secondary N) is 1. The van der Waals surface area contributed by atoms with Crippen LogP contribution in [0.5, 0.6) is 0 Å². The Balaban J connectivity index is 2.76. The van der Waals surface area contributed by atoms with E-state index >= 15 is 0 Å². The standard InChI is InChI=1S/C12H10BrNO3/c1-2-3-4-11(15)14-10-6-5-8(12(16)17)7-9(10)13/h1,5-7H,3-4H2,(H,14,15)(H,16,17). The van der Waals surface area contributed by atoms with Gasteiger partial charge in [0.1, 0.15) is 0 Å². The number of carbonyl (C=O) groups is 2. The zero-order valence-corrected chi connectivity index (χ0v) is 10.5. The van der Waals surface area contributed by atoms with Gasteiger partial charge in [0.2, 0.25) is 5.91 Å². The first-order valence-corrected chi connectivity index (χ1v) is 5.60. The van der Waals surface area contributed by atoms with Crippen molar-refractivity contribution in [3.05, 3.63) is 28.2 Å². The van der Waals surface area contributed by atoms with Gasteiger partial charge in [-0.15, -0.1) is 12.3 Å². The molecule has 0 spiro atoms. The molecule has 2 N–H and O–H groups in total. The van der Waals surface area contributed by atoms with Crippen LogP contribution in [0.4, 0.5) is 5.69 Å². The van der Waals surface area contributed by atoms with Crippen molar-refractivity contribution >= 4 is 33.5 Å². The van der Waals surface area contributed by atoms with Gasteiger partial charge in [-0.05, 0) is 34.1 Å². The maximum Gasteiger partial charge on any atom is 0.335 e. The summed E-state index contributed by atoms with van der Waals surface area (Å²) in [7, 11) is 0. The zero-order chi connectivity index (χ0) is 12.8. The Morgan fingerprint density at radius 2 is 2.18 bits per heavy atom. The molecule has 0 radical (unpaired) electrons. The number of carboxylic acid groups (broad SMARTS) is 1. The summed E-state index contributed by atoms with van der Waals surface area (Å²) in [6.45, 7) is 0. The molecule has 0 bridgehead atoms. The number of rotatable bonds is 4. The summed E-state index contributed by atoms with van der Waals surface area (Å²) >= 11 is 3.19. The number of anilines is 1. The molecular weight excluding hydrogens is 286 g/mol. The van der Waals surface area contributed by atoms with Gasteiger partial charge < -0.3 is 10.4 Å². The highest BCUT2D eigenvalue weighted by atomic mass is 79.9. The molecule has 0 heterocycles. The number of terminal acetylenes is 1. The fraction of sp³-hybridized carbons (Fsp3) is 0.167. The molecule has 88 valence electrons. The maximum atomic E-state index is 11.4. The molecule has 5 heteroatoms. The molecule has 1 aromatic rings. The molecule has 0 aliphatic carbocycles. The van der Waals surface area contributed by atoms with Crippen LogP contribution < -0.4 is 5.32 Å².